The van der Waals surface area contributed by atoms with E-state index in [0.29, 0.717) is 22.7 Å². The normalized spacial score (nSPS) is 15.4. The van der Waals surface area contributed by atoms with Gasteiger partial charge in [0.1, 0.15) is 17.0 Å². The molecule has 8 heteroatoms. The Bertz CT molecular complexity index is 1210. The van der Waals surface area contributed by atoms with E-state index >= 15 is 0 Å². The number of ether oxygens (including phenoxy) is 1. The van der Waals surface area contributed by atoms with E-state index in [4.69, 9.17) is 4.74 Å². The van der Waals surface area contributed by atoms with E-state index in [1.165, 1.54) is 6.20 Å². The van der Waals surface area contributed by atoms with Gasteiger partial charge in [-0.3, -0.25) is 4.79 Å². The summed E-state index contributed by atoms with van der Waals surface area (Å²) in [6.45, 7) is 0. The molecule has 1 aromatic carbocycles. The predicted molar refractivity (Wildman–Crippen MR) is 115 cm³/mol. The molecular formula is C22H23N3O4S. The Morgan fingerprint density at radius 1 is 1.27 bits per heavy atom. The highest BCUT2D eigenvalue weighted by atomic mass is 32.2. The zero-order valence-corrected chi connectivity index (χ0v) is 17.6. The van der Waals surface area contributed by atoms with Gasteiger partial charge in [0.25, 0.3) is 5.91 Å². The molecule has 4 rings (SSSR count). The molecule has 1 amide bonds. The quantitative estimate of drug-likeness (QED) is 0.626. The average Bonchev–Trinajstić information content (AvgIpc) is 3.48. The van der Waals surface area contributed by atoms with Crippen LogP contribution in [0.3, 0.4) is 0 Å². The number of sulfone groups is 1. The molecule has 0 bridgehead atoms. The number of carbonyl (C=O) groups is 1. The number of amides is 1. The molecule has 1 atom stereocenters. The van der Waals surface area contributed by atoms with Gasteiger partial charge < -0.3 is 14.6 Å². The topological polar surface area (TPSA) is 90.3 Å². The van der Waals surface area contributed by atoms with Gasteiger partial charge in [0.05, 0.1) is 11.4 Å². The third-order valence-corrected chi connectivity index (χ3v) is 5.66. The number of nitrogens with one attached hydrogen (secondary N) is 1. The SMILES string of the molecule is Cn1ccc2c(Oc3ccccc3)c(C(=O)N[C@H](/C=C/S(C)(=O)=O)C3CC3)cnc21. The molecule has 3 aromatic rings. The molecule has 7 nitrogen and oxygen atoms in total. The lowest BCUT2D eigenvalue weighted by atomic mass is 10.1. The van der Waals surface area contributed by atoms with E-state index in [9.17, 15) is 13.2 Å². The summed E-state index contributed by atoms with van der Waals surface area (Å²) < 4.78 is 31.0. The van der Waals surface area contributed by atoms with Crippen molar-refractivity contribution in [3.05, 3.63) is 65.8 Å². The van der Waals surface area contributed by atoms with Crippen LogP contribution in [0.25, 0.3) is 11.0 Å². The van der Waals surface area contributed by atoms with Gasteiger partial charge in [-0.2, -0.15) is 0 Å². The molecule has 0 saturated heterocycles. The van der Waals surface area contributed by atoms with E-state index in [-0.39, 0.29) is 17.9 Å². The van der Waals surface area contributed by atoms with Crippen LogP contribution in [0.2, 0.25) is 0 Å². The summed E-state index contributed by atoms with van der Waals surface area (Å²) in [5.74, 6) is 0.914. The molecule has 0 spiro atoms. The molecule has 1 saturated carbocycles. The van der Waals surface area contributed by atoms with Crippen molar-refractivity contribution >= 4 is 26.8 Å². The standard InChI is InChI=1S/C22H23N3O4S/c1-25-12-10-17-20(29-16-6-4-3-5-7-16)18(14-23-21(17)25)22(26)24-19(15-8-9-15)11-13-30(2,27)28/h3-7,10-15,19H,8-9H2,1-2H3,(H,24,26)/b13-11+/t19-/m1/s1. The van der Waals surface area contributed by atoms with E-state index in [1.807, 2.05) is 54.2 Å². The maximum Gasteiger partial charge on any atom is 0.257 e. The first-order chi connectivity index (χ1) is 14.3. The molecular weight excluding hydrogens is 402 g/mol. The van der Waals surface area contributed by atoms with Gasteiger partial charge in [-0.05, 0) is 37.0 Å². The summed E-state index contributed by atoms with van der Waals surface area (Å²) in [5, 5.41) is 4.82. The average molecular weight is 426 g/mol. The summed E-state index contributed by atoms with van der Waals surface area (Å²) in [7, 11) is -1.40. The van der Waals surface area contributed by atoms with Crippen molar-refractivity contribution in [1.29, 1.82) is 0 Å². The molecule has 1 fully saturated rings. The Balaban J connectivity index is 1.69. The fourth-order valence-corrected chi connectivity index (χ4v) is 3.76. The number of para-hydroxylation sites is 1. The van der Waals surface area contributed by atoms with Gasteiger partial charge in [-0.1, -0.05) is 24.3 Å². The highest BCUT2D eigenvalue weighted by Crippen LogP contribution is 2.35. The zero-order chi connectivity index (χ0) is 21.3. The number of pyridine rings is 1. The fourth-order valence-electron chi connectivity index (χ4n) is 3.30. The minimum absolute atomic E-state index is 0.235. The summed E-state index contributed by atoms with van der Waals surface area (Å²) in [6, 6.07) is 10.7. The second kappa shape index (κ2) is 7.95. The third kappa shape index (κ3) is 4.54. The number of carbonyl (C=O) groups excluding carboxylic acids is 1. The highest BCUT2D eigenvalue weighted by Gasteiger charge is 2.32. The molecule has 0 unspecified atom stereocenters. The summed E-state index contributed by atoms with van der Waals surface area (Å²) in [4.78, 5) is 17.6. The molecule has 156 valence electrons. The van der Waals surface area contributed by atoms with Crippen LogP contribution >= 0.6 is 0 Å². The molecule has 0 aliphatic heterocycles. The summed E-state index contributed by atoms with van der Waals surface area (Å²) in [6.07, 6.45) is 7.94. The molecule has 1 N–H and O–H groups in total. The Labute approximate surface area is 175 Å². The number of nitrogens with zero attached hydrogens (tertiary/aromatic N) is 2. The maximum atomic E-state index is 13.2. The van der Waals surface area contributed by atoms with Crippen LogP contribution in [0, 0.1) is 5.92 Å². The molecule has 2 aromatic heterocycles. The van der Waals surface area contributed by atoms with Crippen molar-refractivity contribution < 1.29 is 17.9 Å². The summed E-state index contributed by atoms with van der Waals surface area (Å²) in [5.41, 5.74) is 1.00. The minimum atomic E-state index is -3.27. The predicted octanol–water partition coefficient (Wildman–Crippen LogP) is 3.43. The Hall–Kier alpha value is -3.13. The number of rotatable bonds is 7. The molecule has 30 heavy (non-hydrogen) atoms. The Kier molecular flexibility index (Phi) is 5.34. The van der Waals surface area contributed by atoms with Crippen LogP contribution in [0.15, 0.2) is 60.3 Å². The van der Waals surface area contributed by atoms with Crippen LogP contribution in [0.1, 0.15) is 23.2 Å². The number of aryl methyl sites for hydroxylation is 1. The van der Waals surface area contributed by atoms with Gasteiger partial charge in [0, 0.05) is 31.1 Å². The van der Waals surface area contributed by atoms with E-state index in [0.717, 1.165) is 29.9 Å². The Morgan fingerprint density at radius 2 is 2.00 bits per heavy atom. The van der Waals surface area contributed by atoms with Crippen molar-refractivity contribution in [2.75, 3.05) is 6.26 Å². The van der Waals surface area contributed by atoms with Gasteiger partial charge in [0.15, 0.2) is 15.6 Å². The second-order valence-electron chi connectivity index (χ2n) is 7.57. The van der Waals surface area contributed by atoms with Crippen LogP contribution < -0.4 is 10.1 Å². The lowest BCUT2D eigenvalue weighted by Gasteiger charge is -2.17. The monoisotopic (exact) mass is 425 g/mol. The van der Waals surface area contributed by atoms with Crippen LogP contribution in [0.5, 0.6) is 11.5 Å². The van der Waals surface area contributed by atoms with Crippen molar-refractivity contribution in [2.24, 2.45) is 13.0 Å². The largest absolute Gasteiger partial charge is 0.456 e. The van der Waals surface area contributed by atoms with Gasteiger partial charge in [-0.25, -0.2) is 13.4 Å². The first-order valence-corrected chi connectivity index (χ1v) is 11.6. The first kappa shape index (κ1) is 20.2. The van der Waals surface area contributed by atoms with E-state index < -0.39 is 9.84 Å². The highest BCUT2D eigenvalue weighted by molar-refractivity contribution is 7.93. The van der Waals surface area contributed by atoms with Crippen LogP contribution in [-0.4, -0.2) is 36.2 Å². The van der Waals surface area contributed by atoms with Crippen LogP contribution in [0.4, 0.5) is 0 Å². The zero-order valence-electron chi connectivity index (χ0n) is 16.8. The van der Waals surface area contributed by atoms with E-state index in [1.54, 1.807) is 6.08 Å². The number of hydrogen-bond donors (Lipinski definition) is 1. The fraction of sp³-hybridized carbons (Fsp3) is 0.273. The van der Waals surface area contributed by atoms with Crippen molar-refractivity contribution in [2.45, 2.75) is 18.9 Å². The molecule has 1 aliphatic carbocycles. The van der Waals surface area contributed by atoms with E-state index in [2.05, 4.69) is 10.3 Å². The lowest BCUT2D eigenvalue weighted by Crippen LogP contribution is -2.35. The first-order valence-electron chi connectivity index (χ1n) is 9.68. The molecule has 1 aliphatic rings. The van der Waals surface area contributed by atoms with Crippen molar-refractivity contribution in [1.82, 2.24) is 14.9 Å². The van der Waals surface area contributed by atoms with Gasteiger partial charge >= 0.3 is 0 Å². The summed E-state index contributed by atoms with van der Waals surface area (Å²) >= 11 is 0. The second-order valence-corrected chi connectivity index (χ2v) is 9.51. The molecule has 0 radical (unpaired) electrons. The molecule has 2 heterocycles. The number of aromatic nitrogens is 2. The maximum absolute atomic E-state index is 13.2. The minimum Gasteiger partial charge on any atom is -0.456 e. The number of hydrogen-bond acceptors (Lipinski definition) is 5. The van der Waals surface area contributed by atoms with Crippen LogP contribution in [-0.2, 0) is 16.9 Å². The lowest BCUT2D eigenvalue weighted by molar-refractivity contribution is 0.0938. The van der Waals surface area contributed by atoms with Crippen molar-refractivity contribution in [3.8, 4) is 11.5 Å². The van der Waals surface area contributed by atoms with Gasteiger partial charge in [-0.15, -0.1) is 0 Å². The Morgan fingerprint density at radius 3 is 2.67 bits per heavy atom. The third-order valence-electron chi connectivity index (χ3n) is 5.01. The number of fused-ring (bicyclic) bond motifs is 1. The van der Waals surface area contributed by atoms with Crippen molar-refractivity contribution in [3.63, 3.8) is 0 Å². The number of benzene rings is 1. The van der Waals surface area contributed by atoms with Gasteiger partial charge in [0.2, 0.25) is 0 Å². The smallest absolute Gasteiger partial charge is 0.257 e.